The molecule has 0 bridgehead atoms. The first-order valence-electron chi connectivity index (χ1n) is 5.44. The lowest BCUT2D eigenvalue weighted by atomic mass is 10.2. The summed E-state index contributed by atoms with van der Waals surface area (Å²) in [6, 6.07) is 3.96. The van der Waals surface area contributed by atoms with Gasteiger partial charge in [0.2, 0.25) is 0 Å². The normalized spacial score (nSPS) is 10.4. The number of ether oxygens (including phenoxy) is 1. The van der Waals surface area contributed by atoms with E-state index >= 15 is 0 Å². The number of hydrogen-bond acceptors (Lipinski definition) is 4. The largest absolute Gasteiger partial charge is 0.469 e. The van der Waals surface area contributed by atoms with Crippen molar-refractivity contribution in [3.8, 4) is 0 Å². The summed E-state index contributed by atoms with van der Waals surface area (Å²) in [6.07, 6.45) is 4.04. The van der Waals surface area contributed by atoms with Crippen LogP contribution in [0.1, 0.15) is 18.9 Å². The Bertz CT molecular complexity index is 314. The molecule has 0 aliphatic heterocycles. The van der Waals surface area contributed by atoms with Crippen LogP contribution in [0.2, 0.25) is 0 Å². The molecule has 0 aliphatic carbocycles. The summed E-state index contributed by atoms with van der Waals surface area (Å²) >= 11 is 0. The van der Waals surface area contributed by atoms with Crippen molar-refractivity contribution in [1.82, 2.24) is 9.88 Å². The van der Waals surface area contributed by atoms with Gasteiger partial charge in [-0.1, -0.05) is 13.0 Å². The minimum absolute atomic E-state index is 0.162. The number of methoxy groups -OCH3 is 1. The summed E-state index contributed by atoms with van der Waals surface area (Å²) in [6.45, 7) is 4.53. The van der Waals surface area contributed by atoms with Gasteiger partial charge < -0.3 is 4.74 Å². The van der Waals surface area contributed by atoms with E-state index < -0.39 is 0 Å². The van der Waals surface area contributed by atoms with Crippen LogP contribution in [0.15, 0.2) is 24.5 Å². The highest BCUT2D eigenvalue weighted by Gasteiger charge is 2.07. The van der Waals surface area contributed by atoms with E-state index in [0.717, 1.165) is 25.2 Å². The molecule has 4 heteroatoms. The van der Waals surface area contributed by atoms with Crippen molar-refractivity contribution in [2.75, 3.05) is 20.2 Å². The van der Waals surface area contributed by atoms with Crippen LogP contribution < -0.4 is 0 Å². The van der Waals surface area contributed by atoms with Crippen LogP contribution in [0.4, 0.5) is 0 Å². The van der Waals surface area contributed by atoms with Crippen molar-refractivity contribution in [3.05, 3.63) is 30.1 Å². The molecule has 0 aliphatic rings. The molecule has 1 aromatic heterocycles. The zero-order valence-electron chi connectivity index (χ0n) is 9.85. The Labute approximate surface area is 96.2 Å². The first kappa shape index (κ1) is 12.6. The third-order valence-corrected chi connectivity index (χ3v) is 2.44. The van der Waals surface area contributed by atoms with E-state index in [0.29, 0.717) is 6.42 Å². The smallest absolute Gasteiger partial charge is 0.306 e. The molecular weight excluding hydrogens is 204 g/mol. The van der Waals surface area contributed by atoms with Crippen LogP contribution in [-0.4, -0.2) is 36.1 Å². The summed E-state index contributed by atoms with van der Waals surface area (Å²) in [7, 11) is 1.42. The van der Waals surface area contributed by atoms with Gasteiger partial charge in [-0.25, -0.2) is 0 Å². The fourth-order valence-corrected chi connectivity index (χ4v) is 1.45. The maximum atomic E-state index is 11.0. The number of hydrogen-bond donors (Lipinski definition) is 0. The third-order valence-electron chi connectivity index (χ3n) is 2.44. The SMILES string of the molecule is CCN(CCC(=O)OC)Cc1cccnc1. The number of esters is 1. The van der Waals surface area contributed by atoms with Crippen molar-refractivity contribution < 1.29 is 9.53 Å². The zero-order chi connectivity index (χ0) is 11.8. The molecule has 0 spiro atoms. The van der Waals surface area contributed by atoms with Crippen molar-refractivity contribution in [2.24, 2.45) is 0 Å². The van der Waals surface area contributed by atoms with Gasteiger partial charge in [-0.05, 0) is 18.2 Å². The number of carbonyl (C=O) groups is 1. The van der Waals surface area contributed by atoms with Gasteiger partial charge in [0, 0.05) is 25.5 Å². The molecule has 1 rings (SSSR count). The van der Waals surface area contributed by atoms with Crippen LogP contribution in [0.3, 0.4) is 0 Å². The van der Waals surface area contributed by atoms with Crippen molar-refractivity contribution in [3.63, 3.8) is 0 Å². The predicted molar refractivity (Wildman–Crippen MR) is 61.8 cm³/mol. The molecule has 0 aromatic carbocycles. The molecular formula is C12H18N2O2. The van der Waals surface area contributed by atoms with Gasteiger partial charge in [0.05, 0.1) is 13.5 Å². The molecule has 16 heavy (non-hydrogen) atoms. The monoisotopic (exact) mass is 222 g/mol. The number of nitrogens with zero attached hydrogens (tertiary/aromatic N) is 2. The molecule has 0 saturated heterocycles. The second kappa shape index (κ2) is 6.95. The van der Waals surface area contributed by atoms with E-state index in [9.17, 15) is 4.79 Å². The van der Waals surface area contributed by atoms with Gasteiger partial charge in [-0.3, -0.25) is 14.7 Å². The molecule has 0 fully saturated rings. The Morgan fingerprint density at radius 3 is 2.94 bits per heavy atom. The van der Waals surface area contributed by atoms with E-state index in [1.807, 2.05) is 18.3 Å². The first-order valence-corrected chi connectivity index (χ1v) is 5.44. The van der Waals surface area contributed by atoms with Gasteiger partial charge in [0.15, 0.2) is 0 Å². The molecule has 0 N–H and O–H groups in total. The summed E-state index contributed by atoms with van der Waals surface area (Å²) < 4.78 is 4.62. The fourth-order valence-electron chi connectivity index (χ4n) is 1.45. The Hall–Kier alpha value is -1.42. The Kier molecular flexibility index (Phi) is 5.50. The average molecular weight is 222 g/mol. The lowest BCUT2D eigenvalue weighted by Gasteiger charge is -2.19. The van der Waals surface area contributed by atoms with Gasteiger partial charge in [-0.15, -0.1) is 0 Å². The van der Waals surface area contributed by atoms with Gasteiger partial charge in [0.1, 0.15) is 0 Å². The Morgan fingerprint density at radius 2 is 2.38 bits per heavy atom. The van der Waals surface area contributed by atoms with E-state index in [2.05, 4.69) is 21.5 Å². The fraction of sp³-hybridized carbons (Fsp3) is 0.500. The van der Waals surface area contributed by atoms with Crippen LogP contribution in [0, 0.1) is 0 Å². The first-order chi connectivity index (χ1) is 7.76. The standard InChI is InChI=1S/C12H18N2O2/c1-3-14(8-6-12(15)16-2)10-11-5-4-7-13-9-11/h4-5,7,9H,3,6,8,10H2,1-2H3. The quantitative estimate of drug-likeness (QED) is 0.683. The van der Waals surface area contributed by atoms with Crippen molar-refractivity contribution in [2.45, 2.75) is 19.9 Å². The summed E-state index contributed by atoms with van der Waals surface area (Å²) in [5, 5.41) is 0. The van der Waals surface area contributed by atoms with Crippen LogP contribution in [0.25, 0.3) is 0 Å². The van der Waals surface area contributed by atoms with Crippen molar-refractivity contribution >= 4 is 5.97 Å². The van der Waals surface area contributed by atoms with E-state index in [1.165, 1.54) is 7.11 Å². The third kappa shape index (κ3) is 4.40. The average Bonchev–Trinajstić information content (AvgIpc) is 2.35. The summed E-state index contributed by atoms with van der Waals surface area (Å²) in [5.74, 6) is -0.162. The topological polar surface area (TPSA) is 42.4 Å². The molecule has 1 heterocycles. The minimum atomic E-state index is -0.162. The highest BCUT2D eigenvalue weighted by atomic mass is 16.5. The molecule has 0 atom stereocenters. The minimum Gasteiger partial charge on any atom is -0.469 e. The van der Waals surface area contributed by atoms with E-state index in [-0.39, 0.29) is 5.97 Å². The van der Waals surface area contributed by atoms with Crippen LogP contribution in [0.5, 0.6) is 0 Å². The molecule has 88 valence electrons. The number of rotatable bonds is 6. The molecule has 0 radical (unpaired) electrons. The maximum Gasteiger partial charge on any atom is 0.306 e. The number of pyridine rings is 1. The number of aromatic nitrogens is 1. The highest BCUT2D eigenvalue weighted by Crippen LogP contribution is 2.03. The maximum absolute atomic E-state index is 11.0. The van der Waals surface area contributed by atoms with Crippen LogP contribution >= 0.6 is 0 Å². The van der Waals surface area contributed by atoms with Gasteiger partial charge >= 0.3 is 5.97 Å². The molecule has 0 saturated carbocycles. The van der Waals surface area contributed by atoms with E-state index in [4.69, 9.17) is 0 Å². The molecule has 4 nitrogen and oxygen atoms in total. The van der Waals surface area contributed by atoms with Gasteiger partial charge in [-0.2, -0.15) is 0 Å². The second-order valence-electron chi connectivity index (χ2n) is 3.56. The molecule has 0 amide bonds. The highest BCUT2D eigenvalue weighted by molar-refractivity contribution is 5.69. The zero-order valence-corrected chi connectivity index (χ0v) is 9.85. The Balaban J connectivity index is 2.40. The van der Waals surface area contributed by atoms with Crippen molar-refractivity contribution in [1.29, 1.82) is 0 Å². The predicted octanol–water partition coefficient (Wildman–Crippen LogP) is 1.47. The molecule has 1 aromatic rings. The summed E-state index contributed by atoms with van der Waals surface area (Å²) in [5.41, 5.74) is 1.16. The van der Waals surface area contributed by atoms with Gasteiger partial charge in [0.25, 0.3) is 0 Å². The lowest BCUT2D eigenvalue weighted by molar-refractivity contribution is -0.141. The lowest BCUT2D eigenvalue weighted by Crippen LogP contribution is -2.26. The number of carbonyl (C=O) groups excluding carboxylic acids is 1. The van der Waals surface area contributed by atoms with Crippen LogP contribution in [-0.2, 0) is 16.1 Å². The summed E-state index contributed by atoms with van der Waals surface area (Å²) in [4.78, 5) is 17.3. The second-order valence-corrected chi connectivity index (χ2v) is 3.56. The Morgan fingerprint density at radius 1 is 1.56 bits per heavy atom. The van der Waals surface area contributed by atoms with E-state index in [1.54, 1.807) is 6.20 Å². The molecule has 0 unspecified atom stereocenters.